The van der Waals surface area contributed by atoms with Gasteiger partial charge in [0.25, 0.3) is 0 Å². The number of nitrogens with zero attached hydrogens (tertiary/aromatic N) is 2. The maximum atomic E-state index is 4.42. The van der Waals surface area contributed by atoms with Gasteiger partial charge in [-0.25, -0.2) is 4.98 Å². The molecule has 0 aliphatic carbocycles. The van der Waals surface area contributed by atoms with Crippen LogP contribution in [0, 0.1) is 0 Å². The molecule has 16 heavy (non-hydrogen) atoms. The average molecular weight is 219 g/mol. The van der Waals surface area contributed by atoms with Gasteiger partial charge in [0.05, 0.1) is 0 Å². The highest BCUT2D eigenvalue weighted by Gasteiger charge is 2.19. The third-order valence-corrected chi connectivity index (χ3v) is 3.08. The number of piperidine rings is 1. The summed E-state index contributed by atoms with van der Waals surface area (Å²) < 4.78 is 0. The highest BCUT2D eigenvalue weighted by Crippen LogP contribution is 2.16. The van der Waals surface area contributed by atoms with Gasteiger partial charge in [0.2, 0.25) is 0 Å². The Labute approximate surface area is 97.9 Å². The third kappa shape index (κ3) is 2.95. The molecule has 1 saturated heterocycles. The molecule has 0 aromatic carbocycles. The fraction of sp³-hybridized carbons (Fsp3) is 0.615. The molecule has 1 atom stereocenters. The predicted molar refractivity (Wildman–Crippen MR) is 67.8 cm³/mol. The number of nitrogens with one attached hydrogen (secondary N) is 1. The van der Waals surface area contributed by atoms with Crippen molar-refractivity contribution in [2.75, 3.05) is 24.5 Å². The van der Waals surface area contributed by atoms with Crippen molar-refractivity contribution in [1.82, 2.24) is 10.3 Å². The Balaban J connectivity index is 1.91. The van der Waals surface area contributed by atoms with Crippen LogP contribution in [-0.4, -0.2) is 30.7 Å². The molecule has 3 nitrogen and oxygen atoms in total. The Bertz CT molecular complexity index is 299. The second-order valence-corrected chi connectivity index (χ2v) is 4.43. The monoisotopic (exact) mass is 219 g/mol. The number of anilines is 1. The van der Waals surface area contributed by atoms with E-state index in [9.17, 15) is 0 Å². The average Bonchev–Trinajstić information content (AvgIpc) is 2.38. The Morgan fingerprint density at radius 1 is 1.50 bits per heavy atom. The van der Waals surface area contributed by atoms with Gasteiger partial charge < -0.3 is 10.2 Å². The van der Waals surface area contributed by atoms with Crippen molar-refractivity contribution < 1.29 is 0 Å². The molecule has 2 heterocycles. The fourth-order valence-electron chi connectivity index (χ4n) is 2.24. The minimum Gasteiger partial charge on any atom is -0.355 e. The summed E-state index contributed by atoms with van der Waals surface area (Å²) in [5.74, 6) is 1.12. The summed E-state index contributed by atoms with van der Waals surface area (Å²) >= 11 is 0. The molecule has 1 fully saturated rings. The van der Waals surface area contributed by atoms with E-state index in [1.165, 1.54) is 19.3 Å². The quantitative estimate of drug-likeness (QED) is 0.840. The molecular formula is C13H21N3. The van der Waals surface area contributed by atoms with Gasteiger partial charge in [-0.3, -0.25) is 0 Å². The zero-order valence-electron chi connectivity index (χ0n) is 10.0. The van der Waals surface area contributed by atoms with E-state index < -0.39 is 0 Å². The summed E-state index contributed by atoms with van der Waals surface area (Å²) in [5, 5.41) is 3.60. The first-order valence-electron chi connectivity index (χ1n) is 6.29. The van der Waals surface area contributed by atoms with Crippen molar-refractivity contribution in [1.29, 1.82) is 0 Å². The van der Waals surface area contributed by atoms with E-state index in [4.69, 9.17) is 0 Å². The van der Waals surface area contributed by atoms with Gasteiger partial charge in [-0.2, -0.15) is 0 Å². The lowest BCUT2D eigenvalue weighted by atomic mass is 10.1. The molecule has 1 aromatic heterocycles. The number of hydrogen-bond acceptors (Lipinski definition) is 3. The van der Waals surface area contributed by atoms with Crippen LogP contribution in [0.4, 0.5) is 5.82 Å². The van der Waals surface area contributed by atoms with Crippen molar-refractivity contribution in [3.8, 4) is 0 Å². The topological polar surface area (TPSA) is 28.2 Å². The Hall–Kier alpha value is -1.09. The van der Waals surface area contributed by atoms with Gasteiger partial charge in [-0.15, -0.1) is 0 Å². The van der Waals surface area contributed by atoms with Gasteiger partial charge >= 0.3 is 0 Å². The van der Waals surface area contributed by atoms with Gasteiger partial charge in [0.1, 0.15) is 5.82 Å². The van der Waals surface area contributed by atoms with Crippen LogP contribution in [0.2, 0.25) is 0 Å². The van der Waals surface area contributed by atoms with Crippen LogP contribution in [0.5, 0.6) is 0 Å². The molecule has 0 bridgehead atoms. The smallest absolute Gasteiger partial charge is 0.128 e. The zero-order valence-corrected chi connectivity index (χ0v) is 10.0. The summed E-state index contributed by atoms with van der Waals surface area (Å²) in [6.07, 6.45) is 5.64. The van der Waals surface area contributed by atoms with Gasteiger partial charge in [-0.1, -0.05) is 13.0 Å². The molecular weight excluding hydrogens is 198 g/mol. The molecule has 0 radical (unpaired) electrons. The molecule has 1 unspecified atom stereocenters. The first kappa shape index (κ1) is 11.4. The lowest BCUT2D eigenvalue weighted by molar-refractivity contribution is 0.422. The maximum Gasteiger partial charge on any atom is 0.128 e. The summed E-state index contributed by atoms with van der Waals surface area (Å²) in [7, 11) is 0. The van der Waals surface area contributed by atoms with Crippen LogP contribution in [0.3, 0.4) is 0 Å². The van der Waals surface area contributed by atoms with Gasteiger partial charge in [0, 0.05) is 25.3 Å². The van der Waals surface area contributed by atoms with Crippen molar-refractivity contribution in [2.45, 2.75) is 32.2 Å². The van der Waals surface area contributed by atoms with E-state index in [0.717, 1.165) is 25.5 Å². The van der Waals surface area contributed by atoms with E-state index in [1.54, 1.807) is 0 Å². The van der Waals surface area contributed by atoms with E-state index >= 15 is 0 Å². The minimum atomic E-state index is 0.635. The van der Waals surface area contributed by atoms with E-state index in [0.29, 0.717) is 6.04 Å². The Morgan fingerprint density at radius 2 is 2.44 bits per heavy atom. The number of aromatic nitrogens is 1. The van der Waals surface area contributed by atoms with Gasteiger partial charge in [-0.05, 0) is 37.9 Å². The predicted octanol–water partition coefficient (Wildman–Crippen LogP) is 2.05. The molecule has 2 rings (SSSR count). The second-order valence-electron chi connectivity index (χ2n) is 4.43. The van der Waals surface area contributed by atoms with E-state index in [2.05, 4.69) is 34.3 Å². The standard InChI is InChI=1S/C13H21N3/c1-2-8-14-12-6-5-10-16(11-12)13-7-3-4-9-15-13/h3-4,7,9,12,14H,2,5-6,8,10-11H2,1H3. The third-order valence-electron chi connectivity index (χ3n) is 3.08. The van der Waals surface area contributed by atoms with E-state index in [-0.39, 0.29) is 0 Å². The van der Waals surface area contributed by atoms with Crippen molar-refractivity contribution in [3.05, 3.63) is 24.4 Å². The Kier molecular flexibility index (Phi) is 4.17. The lowest BCUT2D eigenvalue weighted by Gasteiger charge is -2.34. The molecule has 1 aliphatic rings. The number of rotatable bonds is 4. The fourth-order valence-corrected chi connectivity index (χ4v) is 2.24. The summed E-state index contributed by atoms with van der Waals surface area (Å²) in [4.78, 5) is 6.80. The van der Waals surface area contributed by atoms with Crippen LogP contribution in [0.1, 0.15) is 26.2 Å². The molecule has 88 valence electrons. The second kappa shape index (κ2) is 5.85. The molecule has 1 N–H and O–H groups in total. The van der Waals surface area contributed by atoms with Crippen molar-refractivity contribution in [3.63, 3.8) is 0 Å². The maximum absolute atomic E-state index is 4.42. The largest absolute Gasteiger partial charge is 0.355 e. The summed E-state index contributed by atoms with van der Waals surface area (Å²) in [6, 6.07) is 6.77. The van der Waals surface area contributed by atoms with Crippen LogP contribution in [0.25, 0.3) is 0 Å². The highest BCUT2D eigenvalue weighted by atomic mass is 15.2. The zero-order chi connectivity index (χ0) is 11.2. The van der Waals surface area contributed by atoms with Crippen molar-refractivity contribution >= 4 is 5.82 Å². The Morgan fingerprint density at radius 3 is 3.19 bits per heavy atom. The lowest BCUT2D eigenvalue weighted by Crippen LogP contribution is -2.46. The molecule has 0 amide bonds. The molecule has 3 heteroatoms. The normalized spacial score (nSPS) is 21.1. The van der Waals surface area contributed by atoms with Crippen molar-refractivity contribution in [2.24, 2.45) is 0 Å². The SMILES string of the molecule is CCCNC1CCCN(c2ccccn2)C1. The van der Waals surface area contributed by atoms with Crippen LogP contribution < -0.4 is 10.2 Å². The van der Waals surface area contributed by atoms with E-state index in [1.807, 2.05) is 12.3 Å². The first-order chi connectivity index (χ1) is 7.90. The molecule has 0 spiro atoms. The molecule has 1 aromatic rings. The summed E-state index contributed by atoms with van der Waals surface area (Å²) in [6.45, 7) is 5.57. The minimum absolute atomic E-state index is 0.635. The molecule has 0 saturated carbocycles. The summed E-state index contributed by atoms with van der Waals surface area (Å²) in [5.41, 5.74) is 0. The van der Waals surface area contributed by atoms with Crippen LogP contribution in [0.15, 0.2) is 24.4 Å². The highest BCUT2D eigenvalue weighted by molar-refractivity contribution is 5.38. The van der Waals surface area contributed by atoms with Crippen LogP contribution >= 0.6 is 0 Å². The number of hydrogen-bond donors (Lipinski definition) is 1. The van der Waals surface area contributed by atoms with Gasteiger partial charge in [0.15, 0.2) is 0 Å². The number of pyridine rings is 1. The molecule has 1 aliphatic heterocycles. The first-order valence-corrected chi connectivity index (χ1v) is 6.29. The van der Waals surface area contributed by atoms with Crippen LogP contribution in [-0.2, 0) is 0 Å².